The van der Waals surface area contributed by atoms with Crippen molar-refractivity contribution in [3.63, 3.8) is 0 Å². The molecule has 1 N–H and O–H groups in total. The molecule has 5 rings (SSSR count). The van der Waals surface area contributed by atoms with Crippen LogP contribution < -0.4 is 10.2 Å². The van der Waals surface area contributed by atoms with Gasteiger partial charge in [-0.25, -0.2) is 9.97 Å². The lowest BCUT2D eigenvalue weighted by Gasteiger charge is -2.30. The highest BCUT2D eigenvalue weighted by Crippen LogP contribution is 2.39. The van der Waals surface area contributed by atoms with Gasteiger partial charge in [-0.15, -0.1) is 0 Å². The standard InChI is InChI=1S/C25H25Cl2N5OS/c1-15(2)12-31-9-8-16-10-18(7-6-17(16)13-31)29-25-28-11-19-23(30-25)34-14-32(24(19)33)22-20(26)4-3-5-21(22)27/h3-7,10-11,15H,8-9,12-14H2,1-2H3,(H,28,29,30). The monoisotopic (exact) mass is 513 g/mol. The van der Waals surface area contributed by atoms with Crippen molar-refractivity contribution in [1.29, 1.82) is 0 Å². The number of hydrogen-bond donors (Lipinski definition) is 1. The van der Waals surface area contributed by atoms with E-state index in [4.69, 9.17) is 23.2 Å². The fourth-order valence-corrected chi connectivity index (χ4v) is 5.96. The van der Waals surface area contributed by atoms with Crippen LogP contribution in [0.3, 0.4) is 0 Å². The molecule has 0 saturated heterocycles. The van der Waals surface area contributed by atoms with Gasteiger partial charge >= 0.3 is 0 Å². The number of carbonyl (C=O) groups is 1. The quantitative estimate of drug-likeness (QED) is 0.406. The van der Waals surface area contributed by atoms with E-state index in [1.807, 2.05) is 0 Å². The summed E-state index contributed by atoms with van der Waals surface area (Å²) < 4.78 is 0. The largest absolute Gasteiger partial charge is 0.324 e. The predicted octanol–water partition coefficient (Wildman–Crippen LogP) is 6.25. The van der Waals surface area contributed by atoms with Crippen molar-refractivity contribution in [2.24, 2.45) is 5.92 Å². The van der Waals surface area contributed by atoms with Crippen LogP contribution in [0, 0.1) is 5.92 Å². The average molecular weight is 514 g/mol. The smallest absolute Gasteiger partial charge is 0.263 e. The molecule has 0 bridgehead atoms. The normalized spacial score (nSPS) is 15.9. The van der Waals surface area contributed by atoms with Crippen LogP contribution in [0.4, 0.5) is 17.3 Å². The van der Waals surface area contributed by atoms with E-state index in [0.29, 0.717) is 44.1 Å². The molecular weight excluding hydrogens is 489 g/mol. The van der Waals surface area contributed by atoms with Crippen molar-refractivity contribution in [3.8, 4) is 0 Å². The molecule has 0 radical (unpaired) electrons. The SMILES string of the molecule is CC(C)CN1CCc2cc(Nc3ncc4c(n3)SCN(c3c(Cl)cccc3Cl)C4=O)ccc2C1. The van der Waals surface area contributed by atoms with Gasteiger partial charge in [0.1, 0.15) is 5.03 Å². The van der Waals surface area contributed by atoms with E-state index in [1.54, 1.807) is 29.3 Å². The van der Waals surface area contributed by atoms with Gasteiger partial charge in [-0.3, -0.25) is 14.6 Å². The van der Waals surface area contributed by atoms with Crippen LogP contribution in [-0.2, 0) is 13.0 Å². The number of halogens is 2. The number of carbonyl (C=O) groups excluding carboxylic acids is 1. The van der Waals surface area contributed by atoms with E-state index >= 15 is 0 Å². The summed E-state index contributed by atoms with van der Waals surface area (Å²) in [7, 11) is 0. The lowest BCUT2D eigenvalue weighted by molar-refractivity contribution is 0.0985. The molecule has 176 valence electrons. The van der Waals surface area contributed by atoms with E-state index < -0.39 is 0 Å². The molecule has 0 atom stereocenters. The van der Waals surface area contributed by atoms with E-state index in [0.717, 1.165) is 31.7 Å². The summed E-state index contributed by atoms with van der Waals surface area (Å²) in [4.78, 5) is 26.2. The van der Waals surface area contributed by atoms with Gasteiger partial charge in [0.2, 0.25) is 5.95 Å². The van der Waals surface area contributed by atoms with Gasteiger partial charge in [0.25, 0.3) is 5.91 Å². The number of rotatable bonds is 5. The number of para-hydroxylation sites is 1. The molecule has 1 aromatic heterocycles. The van der Waals surface area contributed by atoms with E-state index in [-0.39, 0.29) is 5.91 Å². The Morgan fingerprint density at radius 1 is 1.15 bits per heavy atom. The maximum atomic E-state index is 13.1. The molecule has 9 heteroatoms. The molecule has 3 heterocycles. The van der Waals surface area contributed by atoms with Crippen molar-refractivity contribution in [2.45, 2.75) is 31.8 Å². The second-order valence-electron chi connectivity index (χ2n) is 8.98. The Balaban J connectivity index is 1.32. The Morgan fingerprint density at radius 3 is 2.71 bits per heavy atom. The molecule has 34 heavy (non-hydrogen) atoms. The zero-order chi connectivity index (χ0) is 23.8. The Bertz CT molecular complexity index is 1230. The maximum absolute atomic E-state index is 13.1. The van der Waals surface area contributed by atoms with Gasteiger partial charge in [-0.05, 0) is 47.7 Å². The summed E-state index contributed by atoms with van der Waals surface area (Å²) >= 11 is 14.1. The first kappa shape index (κ1) is 23.4. The van der Waals surface area contributed by atoms with Gasteiger partial charge in [0.05, 0.1) is 27.2 Å². The van der Waals surface area contributed by atoms with Crippen molar-refractivity contribution in [2.75, 3.05) is 29.2 Å². The lowest BCUT2D eigenvalue weighted by Crippen LogP contribution is -2.35. The molecule has 0 fully saturated rings. The number of nitrogens with zero attached hydrogens (tertiary/aromatic N) is 4. The van der Waals surface area contributed by atoms with E-state index in [9.17, 15) is 4.79 Å². The number of amides is 1. The van der Waals surface area contributed by atoms with E-state index in [1.165, 1.54) is 22.9 Å². The molecule has 2 aliphatic rings. The van der Waals surface area contributed by atoms with Crippen LogP contribution in [0.2, 0.25) is 10.0 Å². The van der Waals surface area contributed by atoms with Crippen molar-refractivity contribution >= 4 is 58.2 Å². The molecule has 2 aromatic carbocycles. The Kier molecular flexibility index (Phi) is 6.71. The number of benzene rings is 2. The van der Waals surface area contributed by atoms with Crippen LogP contribution in [0.25, 0.3) is 0 Å². The predicted molar refractivity (Wildman–Crippen MR) is 140 cm³/mol. The summed E-state index contributed by atoms with van der Waals surface area (Å²) in [6.07, 6.45) is 2.60. The number of nitrogens with one attached hydrogen (secondary N) is 1. The molecule has 3 aromatic rings. The van der Waals surface area contributed by atoms with Crippen molar-refractivity contribution in [3.05, 3.63) is 69.3 Å². The topological polar surface area (TPSA) is 61.4 Å². The van der Waals surface area contributed by atoms with Crippen LogP contribution in [0.15, 0.2) is 47.6 Å². The summed E-state index contributed by atoms with van der Waals surface area (Å²) in [6.45, 7) is 7.72. The third-order valence-corrected chi connectivity index (χ3v) is 7.53. The summed E-state index contributed by atoms with van der Waals surface area (Å²) in [6, 6.07) is 11.6. The minimum absolute atomic E-state index is 0.213. The first-order valence-electron chi connectivity index (χ1n) is 11.3. The van der Waals surface area contributed by atoms with Gasteiger partial charge in [-0.1, -0.05) is 60.9 Å². The minimum Gasteiger partial charge on any atom is -0.324 e. The second kappa shape index (κ2) is 9.74. The first-order valence-corrected chi connectivity index (χ1v) is 13.0. The number of hydrogen-bond acceptors (Lipinski definition) is 6. The molecular formula is C25H25Cl2N5OS. The average Bonchev–Trinajstić information content (AvgIpc) is 2.80. The molecule has 2 aliphatic heterocycles. The fourth-order valence-electron chi connectivity index (χ4n) is 4.42. The van der Waals surface area contributed by atoms with E-state index in [2.05, 4.69) is 52.2 Å². The lowest BCUT2D eigenvalue weighted by atomic mass is 9.98. The van der Waals surface area contributed by atoms with Crippen molar-refractivity contribution in [1.82, 2.24) is 14.9 Å². The Hall–Kier alpha value is -2.32. The van der Waals surface area contributed by atoms with Crippen molar-refractivity contribution < 1.29 is 4.79 Å². The third-order valence-electron chi connectivity index (χ3n) is 5.94. The van der Waals surface area contributed by atoms with Crippen LogP contribution in [0.5, 0.6) is 0 Å². The van der Waals surface area contributed by atoms with Gasteiger partial charge in [-0.2, -0.15) is 0 Å². The molecule has 0 spiro atoms. The van der Waals surface area contributed by atoms with Gasteiger partial charge in [0, 0.05) is 31.5 Å². The number of aromatic nitrogens is 2. The van der Waals surface area contributed by atoms with Crippen LogP contribution in [0.1, 0.15) is 35.3 Å². The molecule has 6 nitrogen and oxygen atoms in total. The second-order valence-corrected chi connectivity index (χ2v) is 10.7. The highest BCUT2D eigenvalue weighted by atomic mass is 35.5. The van der Waals surface area contributed by atoms with Crippen LogP contribution >= 0.6 is 35.0 Å². The van der Waals surface area contributed by atoms with Crippen LogP contribution in [-0.4, -0.2) is 39.7 Å². The minimum atomic E-state index is -0.213. The fraction of sp³-hybridized carbons (Fsp3) is 0.320. The molecule has 0 aliphatic carbocycles. The zero-order valence-corrected chi connectivity index (χ0v) is 21.3. The zero-order valence-electron chi connectivity index (χ0n) is 19.0. The first-order chi connectivity index (χ1) is 16.4. The number of anilines is 3. The number of thioether (sulfide) groups is 1. The Labute approximate surface area is 213 Å². The highest BCUT2D eigenvalue weighted by molar-refractivity contribution is 7.99. The van der Waals surface area contributed by atoms with Gasteiger partial charge < -0.3 is 5.32 Å². The molecule has 0 unspecified atom stereocenters. The van der Waals surface area contributed by atoms with Gasteiger partial charge in [0.15, 0.2) is 0 Å². The number of fused-ring (bicyclic) bond motifs is 2. The maximum Gasteiger partial charge on any atom is 0.263 e. The molecule has 1 amide bonds. The summed E-state index contributed by atoms with van der Waals surface area (Å²) in [5.74, 6) is 1.30. The Morgan fingerprint density at radius 2 is 1.94 bits per heavy atom. The summed E-state index contributed by atoms with van der Waals surface area (Å²) in [5.41, 5.74) is 4.64. The summed E-state index contributed by atoms with van der Waals surface area (Å²) in [5, 5.41) is 4.82. The highest BCUT2D eigenvalue weighted by Gasteiger charge is 2.30. The molecule has 0 saturated carbocycles. The third kappa shape index (κ3) is 4.75.